The number of anilines is 1. The second kappa shape index (κ2) is 11.1. The van der Waals surface area contributed by atoms with E-state index < -0.39 is 0 Å². The average Bonchev–Trinajstić information content (AvgIpc) is 3.36. The number of carbonyl (C=O) groups is 1. The molecule has 2 N–H and O–H groups in total. The SMILES string of the molecule is CCc1ccc2oc(-c3cccc(NC(=S)NC(=O)c4ccc(OCc5ccccc5)cc4)c3)nc2c1. The summed E-state index contributed by atoms with van der Waals surface area (Å²) in [4.78, 5) is 17.3. The summed E-state index contributed by atoms with van der Waals surface area (Å²) in [7, 11) is 0. The van der Waals surface area contributed by atoms with Crippen LogP contribution in [0.25, 0.3) is 22.6 Å². The molecule has 1 heterocycles. The largest absolute Gasteiger partial charge is 0.489 e. The van der Waals surface area contributed by atoms with Crippen molar-refractivity contribution in [3.63, 3.8) is 0 Å². The minimum atomic E-state index is -0.311. The molecular formula is C30H25N3O3S. The molecule has 0 saturated carbocycles. The number of oxazole rings is 1. The van der Waals surface area contributed by atoms with E-state index in [0.29, 0.717) is 29.5 Å². The van der Waals surface area contributed by atoms with Gasteiger partial charge in [0, 0.05) is 16.8 Å². The molecule has 0 aliphatic carbocycles. The van der Waals surface area contributed by atoms with Crippen molar-refractivity contribution in [2.24, 2.45) is 0 Å². The van der Waals surface area contributed by atoms with Gasteiger partial charge in [0.25, 0.3) is 5.91 Å². The molecule has 0 unspecified atom stereocenters. The van der Waals surface area contributed by atoms with E-state index >= 15 is 0 Å². The van der Waals surface area contributed by atoms with Crippen LogP contribution in [0.15, 0.2) is 101 Å². The third kappa shape index (κ3) is 6.02. The number of hydrogen-bond donors (Lipinski definition) is 2. The van der Waals surface area contributed by atoms with Crippen molar-refractivity contribution in [1.29, 1.82) is 0 Å². The molecule has 37 heavy (non-hydrogen) atoms. The number of rotatable bonds is 7. The number of aryl methyl sites for hydroxylation is 1. The Hall–Kier alpha value is -4.49. The topological polar surface area (TPSA) is 76.4 Å². The van der Waals surface area contributed by atoms with Crippen LogP contribution in [-0.2, 0) is 13.0 Å². The van der Waals surface area contributed by atoms with Gasteiger partial charge < -0.3 is 14.5 Å². The fourth-order valence-electron chi connectivity index (χ4n) is 3.83. The number of ether oxygens (including phenoxy) is 1. The number of thiocarbonyl (C=S) groups is 1. The summed E-state index contributed by atoms with van der Waals surface area (Å²) in [5.74, 6) is 0.897. The molecule has 1 amide bonds. The lowest BCUT2D eigenvalue weighted by Crippen LogP contribution is -2.34. The number of hydrogen-bond acceptors (Lipinski definition) is 5. The van der Waals surface area contributed by atoms with Crippen molar-refractivity contribution in [2.75, 3.05) is 5.32 Å². The van der Waals surface area contributed by atoms with Crippen molar-refractivity contribution in [2.45, 2.75) is 20.0 Å². The Morgan fingerprint density at radius 1 is 0.919 bits per heavy atom. The maximum atomic E-state index is 12.7. The predicted molar refractivity (Wildman–Crippen MR) is 150 cm³/mol. The highest BCUT2D eigenvalue weighted by Crippen LogP contribution is 2.27. The number of amides is 1. The van der Waals surface area contributed by atoms with Gasteiger partial charge in [0.1, 0.15) is 17.9 Å². The molecule has 1 aromatic heterocycles. The predicted octanol–water partition coefficient (Wildman–Crippen LogP) is 6.76. The summed E-state index contributed by atoms with van der Waals surface area (Å²) in [6.45, 7) is 2.57. The van der Waals surface area contributed by atoms with Gasteiger partial charge in [-0.1, -0.05) is 49.4 Å². The average molecular weight is 508 g/mol. The summed E-state index contributed by atoms with van der Waals surface area (Å²) >= 11 is 5.37. The van der Waals surface area contributed by atoms with Gasteiger partial charge in [0.2, 0.25) is 5.89 Å². The highest BCUT2D eigenvalue weighted by atomic mass is 32.1. The molecule has 0 aliphatic rings. The van der Waals surface area contributed by atoms with Gasteiger partial charge in [-0.3, -0.25) is 10.1 Å². The van der Waals surface area contributed by atoms with Crippen molar-refractivity contribution in [1.82, 2.24) is 10.3 Å². The summed E-state index contributed by atoms with van der Waals surface area (Å²) in [5, 5.41) is 5.97. The standard InChI is InChI=1S/C30H25N3O3S/c1-2-20-11-16-27-26(17-20)32-29(36-27)23-9-6-10-24(18-23)31-30(37)33-28(34)22-12-14-25(15-13-22)35-19-21-7-4-3-5-8-21/h3-18H,2,19H2,1H3,(H2,31,33,34,37). The number of fused-ring (bicyclic) bond motifs is 1. The number of nitrogens with one attached hydrogen (secondary N) is 2. The Morgan fingerprint density at radius 2 is 1.73 bits per heavy atom. The molecule has 0 aliphatic heterocycles. The van der Waals surface area contributed by atoms with Crippen molar-refractivity contribution in [3.05, 3.63) is 114 Å². The fourth-order valence-corrected chi connectivity index (χ4v) is 4.04. The maximum Gasteiger partial charge on any atom is 0.257 e. The first-order chi connectivity index (χ1) is 18.1. The number of carbonyl (C=O) groups excluding carboxylic acids is 1. The first kappa shape index (κ1) is 24.2. The maximum absolute atomic E-state index is 12.7. The van der Waals surface area contributed by atoms with E-state index in [0.717, 1.165) is 28.6 Å². The Balaban J connectivity index is 1.19. The molecule has 0 saturated heterocycles. The molecule has 0 atom stereocenters. The summed E-state index contributed by atoms with van der Waals surface area (Å²) in [5.41, 5.74) is 5.84. The molecule has 7 heteroatoms. The van der Waals surface area contributed by atoms with Crippen molar-refractivity contribution >= 4 is 40.0 Å². The summed E-state index contributed by atoms with van der Waals surface area (Å²) in [6.07, 6.45) is 0.937. The number of aromatic nitrogens is 1. The van der Waals surface area contributed by atoms with Crippen LogP contribution in [0.2, 0.25) is 0 Å². The van der Waals surface area contributed by atoms with Crippen LogP contribution in [0.4, 0.5) is 5.69 Å². The van der Waals surface area contributed by atoms with Crippen LogP contribution in [0.5, 0.6) is 5.75 Å². The Kier molecular flexibility index (Phi) is 7.23. The van der Waals surface area contributed by atoms with Crippen molar-refractivity contribution < 1.29 is 13.9 Å². The molecule has 0 bridgehead atoms. The first-order valence-electron chi connectivity index (χ1n) is 12.0. The molecule has 0 spiro atoms. The normalized spacial score (nSPS) is 10.7. The van der Waals surface area contributed by atoms with E-state index in [1.807, 2.05) is 72.8 Å². The molecular weight excluding hydrogens is 482 g/mol. The highest BCUT2D eigenvalue weighted by molar-refractivity contribution is 7.80. The van der Waals surface area contributed by atoms with Gasteiger partial charge in [-0.05, 0) is 84.4 Å². The van der Waals surface area contributed by atoms with Crippen LogP contribution in [0.3, 0.4) is 0 Å². The van der Waals surface area contributed by atoms with E-state index in [4.69, 9.17) is 21.4 Å². The third-order valence-electron chi connectivity index (χ3n) is 5.82. The zero-order chi connectivity index (χ0) is 25.6. The van der Waals surface area contributed by atoms with Crippen molar-refractivity contribution in [3.8, 4) is 17.2 Å². The molecule has 4 aromatic carbocycles. The smallest absolute Gasteiger partial charge is 0.257 e. The lowest BCUT2D eigenvalue weighted by Gasteiger charge is -2.11. The van der Waals surface area contributed by atoms with Crippen LogP contribution < -0.4 is 15.4 Å². The molecule has 184 valence electrons. The molecule has 0 fully saturated rings. The Labute approximate surface area is 220 Å². The Morgan fingerprint density at radius 3 is 2.51 bits per heavy atom. The molecule has 5 aromatic rings. The lowest BCUT2D eigenvalue weighted by atomic mass is 10.1. The van der Waals surface area contributed by atoms with Gasteiger partial charge in [-0.15, -0.1) is 0 Å². The van der Waals surface area contributed by atoms with Gasteiger partial charge in [0.15, 0.2) is 10.7 Å². The fraction of sp³-hybridized carbons (Fsp3) is 0.100. The second-order valence-corrected chi connectivity index (χ2v) is 8.87. The minimum Gasteiger partial charge on any atom is -0.489 e. The van der Waals surface area contributed by atoms with Crippen LogP contribution >= 0.6 is 12.2 Å². The zero-order valence-corrected chi connectivity index (χ0v) is 21.0. The third-order valence-corrected chi connectivity index (χ3v) is 6.02. The van der Waals surface area contributed by atoms with Gasteiger partial charge >= 0.3 is 0 Å². The number of nitrogens with zero attached hydrogens (tertiary/aromatic N) is 1. The van der Waals surface area contributed by atoms with E-state index in [1.165, 1.54) is 5.56 Å². The molecule has 5 rings (SSSR count). The quantitative estimate of drug-likeness (QED) is 0.237. The van der Waals surface area contributed by atoms with Gasteiger partial charge in [0.05, 0.1) is 0 Å². The van der Waals surface area contributed by atoms with Crippen LogP contribution in [-0.4, -0.2) is 16.0 Å². The first-order valence-corrected chi connectivity index (χ1v) is 12.4. The van der Waals surface area contributed by atoms with Crippen LogP contribution in [0, 0.1) is 0 Å². The Bertz CT molecular complexity index is 1550. The minimum absolute atomic E-state index is 0.191. The molecule has 6 nitrogen and oxygen atoms in total. The monoisotopic (exact) mass is 507 g/mol. The second-order valence-electron chi connectivity index (χ2n) is 8.46. The molecule has 0 radical (unpaired) electrons. The summed E-state index contributed by atoms with van der Waals surface area (Å²) < 4.78 is 11.7. The zero-order valence-electron chi connectivity index (χ0n) is 20.2. The van der Waals surface area contributed by atoms with E-state index in [1.54, 1.807) is 24.3 Å². The van der Waals surface area contributed by atoms with E-state index in [9.17, 15) is 4.79 Å². The highest BCUT2D eigenvalue weighted by Gasteiger charge is 2.12. The van der Waals surface area contributed by atoms with E-state index in [2.05, 4.69) is 22.5 Å². The number of benzene rings is 4. The van der Waals surface area contributed by atoms with Gasteiger partial charge in [-0.2, -0.15) is 0 Å². The summed E-state index contributed by atoms with van der Waals surface area (Å²) in [6, 6.07) is 30.4. The van der Waals surface area contributed by atoms with Crippen LogP contribution in [0.1, 0.15) is 28.4 Å². The van der Waals surface area contributed by atoms with Gasteiger partial charge in [-0.25, -0.2) is 4.98 Å². The lowest BCUT2D eigenvalue weighted by molar-refractivity contribution is 0.0977. The van der Waals surface area contributed by atoms with E-state index in [-0.39, 0.29) is 11.0 Å².